The van der Waals surface area contributed by atoms with Crippen LogP contribution in [0.4, 0.5) is 16.2 Å². The first-order chi connectivity index (χ1) is 20.1. The van der Waals surface area contributed by atoms with Gasteiger partial charge in [0.1, 0.15) is 29.0 Å². The minimum Gasteiger partial charge on any atom is -0.497 e. The molecule has 2 aromatic carbocycles. The van der Waals surface area contributed by atoms with Crippen LogP contribution in [0, 0.1) is 19.8 Å². The van der Waals surface area contributed by atoms with Gasteiger partial charge >= 0.3 is 6.03 Å². The van der Waals surface area contributed by atoms with Crippen LogP contribution >= 0.6 is 0 Å². The number of nitrogens with one attached hydrogen (secondary N) is 2. The molecule has 226 valence electrons. The Labute approximate surface area is 246 Å². The van der Waals surface area contributed by atoms with Crippen molar-refractivity contribution in [2.45, 2.75) is 52.8 Å². The van der Waals surface area contributed by atoms with Crippen LogP contribution in [-0.4, -0.2) is 78.0 Å². The summed E-state index contributed by atoms with van der Waals surface area (Å²) in [4.78, 5) is 30.1. The first-order valence-corrected chi connectivity index (χ1v) is 14.1. The fourth-order valence-corrected chi connectivity index (χ4v) is 5.08. The van der Waals surface area contributed by atoms with Crippen LogP contribution < -0.4 is 20.1 Å². The van der Waals surface area contributed by atoms with Crippen LogP contribution in [-0.2, 0) is 17.8 Å². The Bertz CT molecular complexity index is 1360. The first kappa shape index (κ1) is 30.9. The van der Waals surface area contributed by atoms with Crippen molar-refractivity contribution in [3.63, 3.8) is 0 Å². The van der Waals surface area contributed by atoms with E-state index in [1.165, 1.54) is 0 Å². The second-order valence-electron chi connectivity index (χ2n) is 11.0. The average molecular weight is 580 g/mol. The van der Waals surface area contributed by atoms with E-state index in [1.54, 1.807) is 44.1 Å². The minimum atomic E-state index is -0.457. The SMILES string of the molecule is COc1ccc(CN(C)C[C@H]2Oc3ccc(NC(=O)Nc4c(C)noc4C)cc3CC(=O)N([C@@H](C)CO)C[C@@H]2C)cc1. The van der Waals surface area contributed by atoms with Crippen LogP contribution in [0.5, 0.6) is 11.5 Å². The fourth-order valence-electron chi connectivity index (χ4n) is 5.08. The highest BCUT2D eigenvalue weighted by molar-refractivity contribution is 6.00. The lowest BCUT2D eigenvalue weighted by Crippen LogP contribution is -2.47. The highest BCUT2D eigenvalue weighted by atomic mass is 16.5. The maximum atomic E-state index is 13.5. The van der Waals surface area contributed by atoms with E-state index in [1.807, 2.05) is 38.2 Å². The number of aromatic nitrogens is 1. The molecule has 0 fully saturated rings. The van der Waals surface area contributed by atoms with Gasteiger partial charge in [-0.3, -0.25) is 9.69 Å². The summed E-state index contributed by atoms with van der Waals surface area (Å²) < 4.78 is 17.0. The van der Waals surface area contributed by atoms with Crippen LogP contribution in [0.15, 0.2) is 47.0 Å². The summed E-state index contributed by atoms with van der Waals surface area (Å²) in [6.07, 6.45) is -0.171. The number of hydrogen-bond donors (Lipinski definition) is 3. The third kappa shape index (κ3) is 7.59. The Morgan fingerprint density at radius 1 is 1.21 bits per heavy atom. The smallest absolute Gasteiger partial charge is 0.323 e. The van der Waals surface area contributed by atoms with Crippen molar-refractivity contribution in [3.05, 3.63) is 65.0 Å². The number of nitrogens with zero attached hydrogens (tertiary/aromatic N) is 3. The molecule has 0 radical (unpaired) electrons. The van der Waals surface area contributed by atoms with E-state index in [2.05, 4.69) is 27.6 Å². The van der Waals surface area contributed by atoms with Crippen LogP contribution in [0.3, 0.4) is 0 Å². The largest absolute Gasteiger partial charge is 0.497 e. The number of aliphatic hydroxyl groups excluding tert-OH is 1. The summed E-state index contributed by atoms with van der Waals surface area (Å²) in [7, 11) is 3.69. The highest BCUT2D eigenvalue weighted by Crippen LogP contribution is 2.30. The molecule has 3 aromatic rings. The van der Waals surface area contributed by atoms with E-state index in [0.717, 1.165) is 11.3 Å². The van der Waals surface area contributed by atoms with Gasteiger partial charge < -0.3 is 34.6 Å². The van der Waals surface area contributed by atoms with Gasteiger partial charge in [0.25, 0.3) is 0 Å². The average Bonchev–Trinajstić information content (AvgIpc) is 3.29. The Kier molecular flexibility index (Phi) is 10.1. The predicted octanol–water partition coefficient (Wildman–Crippen LogP) is 4.23. The Morgan fingerprint density at radius 2 is 1.95 bits per heavy atom. The molecule has 0 unspecified atom stereocenters. The molecular weight excluding hydrogens is 538 g/mol. The molecule has 0 saturated carbocycles. The number of rotatable bonds is 9. The van der Waals surface area contributed by atoms with Crippen LogP contribution in [0.2, 0.25) is 0 Å². The van der Waals surface area contributed by atoms with Gasteiger partial charge in [-0.25, -0.2) is 4.79 Å². The monoisotopic (exact) mass is 579 g/mol. The molecule has 4 rings (SSSR count). The zero-order valence-corrected chi connectivity index (χ0v) is 25.1. The highest BCUT2D eigenvalue weighted by Gasteiger charge is 2.31. The number of aliphatic hydroxyl groups is 1. The topological polar surface area (TPSA) is 129 Å². The van der Waals surface area contributed by atoms with E-state index in [9.17, 15) is 14.7 Å². The Morgan fingerprint density at radius 3 is 2.60 bits per heavy atom. The number of amides is 3. The number of fused-ring (bicyclic) bond motifs is 1. The molecule has 3 atom stereocenters. The van der Waals surface area contributed by atoms with Gasteiger partial charge in [-0.1, -0.05) is 24.2 Å². The van der Waals surface area contributed by atoms with Crippen molar-refractivity contribution < 1.29 is 28.7 Å². The van der Waals surface area contributed by atoms with Gasteiger partial charge in [0, 0.05) is 36.8 Å². The zero-order valence-electron chi connectivity index (χ0n) is 25.1. The van der Waals surface area contributed by atoms with Gasteiger partial charge in [-0.2, -0.15) is 0 Å². The molecule has 0 aliphatic carbocycles. The van der Waals surface area contributed by atoms with Gasteiger partial charge in [0.15, 0.2) is 5.76 Å². The third-order valence-corrected chi connectivity index (χ3v) is 7.55. The number of likely N-dealkylation sites (N-methyl/N-ethyl adjacent to an activating group) is 1. The number of aryl methyl sites for hydroxylation is 2. The van der Waals surface area contributed by atoms with Crippen molar-refractivity contribution >= 4 is 23.3 Å². The second kappa shape index (κ2) is 13.7. The number of carbonyl (C=O) groups is 2. The van der Waals surface area contributed by atoms with Gasteiger partial charge in [-0.05, 0) is 63.7 Å². The molecule has 1 aliphatic heterocycles. The Hall–Kier alpha value is -4.09. The molecule has 0 spiro atoms. The summed E-state index contributed by atoms with van der Waals surface area (Å²) in [6.45, 7) is 9.00. The number of hydrogen-bond acceptors (Lipinski definition) is 8. The van der Waals surface area contributed by atoms with E-state index in [-0.39, 0.29) is 37.0 Å². The van der Waals surface area contributed by atoms with E-state index >= 15 is 0 Å². The molecule has 3 amide bonds. The van der Waals surface area contributed by atoms with Crippen LogP contribution in [0.1, 0.15) is 36.4 Å². The molecule has 0 bridgehead atoms. The van der Waals surface area contributed by atoms with Crippen LogP contribution in [0.25, 0.3) is 0 Å². The molecule has 3 N–H and O–H groups in total. The number of urea groups is 1. The minimum absolute atomic E-state index is 0.0224. The van der Waals surface area contributed by atoms with Crippen molar-refractivity contribution in [2.24, 2.45) is 5.92 Å². The first-order valence-electron chi connectivity index (χ1n) is 14.1. The fraction of sp³-hybridized carbons (Fsp3) is 0.452. The number of anilines is 2. The second-order valence-corrected chi connectivity index (χ2v) is 11.0. The third-order valence-electron chi connectivity index (χ3n) is 7.55. The van der Waals surface area contributed by atoms with Crippen molar-refractivity contribution in [1.82, 2.24) is 15.0 Å². The van der Waals surface area contributed by atoms with Gasteiger partial charge in [0.2, 0.25) is 5.91 Å². The van der Waals surface area contributed by atoms with Crippen molar-refractivity contribution in [2.75, 3.05) is 44.5 Å². The van der Waals surface area contributed by atoms with E-state index < -0.39 is 6.03 Å². The molecule has 1 aliphatic rings. The molecular formula is C31H41N5O6. The van der Waals surface area contributed by atoms with E-state index in [0.29, 0.717) is 53.8 Å². The zero-order chi connectivity index (χ0) is 30.4. The number of ether oxygens (including phenoxy) is 2. The number of carbonyl (C=O) groups excluding carboxylic acids is 2. The summed E-state index contributed by atoms with van der Waals surface area (Å²) in [5.41, 5.74) is 3.40. The molecule has 42 heavy (non-hydrogen) atoms. The molecule has 11 nitrogen and oxygen atoms in total. The normalized spacial score (nSPS) is 17.9. The molecule has 2 heterocycles. The molecule has 11 heteroatoms. The summed E-state index contributed by atoms with van der Waals surface area (Å²) in [6, 6.07) is 12.5. The lowest BCUT2D eigenvalue weighted by Gasteiger charge is -2.34. The summed E-state index contributed by atoms with van der Waals surface area (Å²) in [5.74, 6) is 1.77. The van der Waals surface area contributed by atoms with Crippen molar-refractivity contribution in [3.8, 4) is 11.5 Å². The molecule has 1 aromatic heterocycles. The standard InChI is InChI=1S/C31H41N5O6/c1-19-15-36(20(2)18-37)29(38)14-24-13-25(32-31(39)33-30-21(3)34-42-22(30)4)9-12-27(24)41-28(19)17-35(5)16-23-7-10-26(40-6)11-8-23/h7-13,19-20,28,37H,14-18H2,1-6H3,(H2,32,33,39)/t19-,20-,28+/m0/s1. The summed E-state index contributed by atoms with van der Waals surface area (Å²) in [5, 5.41) is 19.4. The number of benzene rings is 2. The predicted molar refractivity (Wildman–Crippen MR) is 160 cm³/mol. The maximum absolute atomic E-state index is 13.5. The molecule has 0 saturated heterocycles. The lowest BCUT2D eigenvalue weighted by atomic mass is 10.0. The van der Waals surface area contributed by atoms with E-state index in [4.69, 9.17) is 14.0 Å². The Balaban J connectivity index is 1.56. The number of methoxy groups -OCH3 is 1. The quantitative estimate of drug-likeness (QED) is 0.344. The van der Waals surface area contributed by atoms with Gasteiger partial charge in [0.05, 0.1) is 26.2 Å². The maximum Gasteiger partial charge on any atom is 0.323 e. The van der Waals surface area contributed by atoms with Crippen molar-refractivity contribution in [1.29, 1.82) is 0 Å². The lowest BCUT2D eigenvalue weighted by molar-refractivity contribution is -0.134. The van der Waals surface area contributed by atoms with Gasteiger partial charge in [-0.15, -0.1) is 0 Å². The summed E-state index contributed by atoms with van der Waals surface area (Å²) >= 11 is 0.